The van der Waals surface area contributed by atoms with E-state index in [0.717, 1.165) is 6.42 Å². The van der Waals surface area contributed by atoms with Gasteiger partial charge in [-0.05, 0) is 37.6 Å². The van der Waals surface area contributed by atoms with Crippen molar-refractivity contribution in [2.24, 2.45) is 10.5 Å². The maximum atomic E-state index is 11.9. The van der Waals surface area contributed by atoms with E-state index in [9.17, 15) is 23.5 Å². The Labute approximate surface area is 212 Å². The second-order valence-electron chi connectivity index (χ2n) is 8.85. The molecule has 1 saturated heterocycles. The summed E-state index contributed by atoms with van der Waals surface area (Å²) in [4.78, 5) is 38.7. The first kappa shape index (κ1) is 33.4. The molecule has 15 nitrogen and oxygen atoms in total. The van der Waals surface area contributed by atoms with Crippen LogP contribution in [0.4, 0.5) is 0 Å². The lowest BCUT2D eigenvalue weighted by Gasteiger charge is -2.33. The van der Waals surface area contributed by atoms with Crippen LogP contribution in [0.3, 0.4) is 0 Å². The van der Waals surface area contributed by atoms with Crippen molar-refractivity contribution in [2.75, 3.05) is 19.1 Å². The van der Waals surface area contributed by atoms with Crippen molar-refractivity contribution in [3.05, 3.63) is 10.4 Å². The number of ether oxygens (including phenoxy) is 2. The van der Waals surface area contributed by atoms with Gasteiger partial charge in [-0.2, -0.15) is 8.62 Å². The van der Waals surface area contributed by atoms with Gasteiger partial charge in [0.1, 0.15) is 19.9 Å². The molecule has 202 valence electrons. The van der Waals surface area contributed by atoms with Gasteiger partial charge in [-0.3, -0.25) is 4.52 Å². The molecule has 0 amide bonds. The molecule has 0 aromatic rings. The van der Waals surface area contributed by atoms with Crippen molar-refractivity contribution < 1.29 is 55.9 Å². The molecule has 1 rings (SSSR count). The first-order valence-corrected chi connectivity index (χ1v) is 16.7. The third-order valence-electron chi connectivity index (χ3n) is 4.13. The van der Waals surface area contributed by atoms with Gasteiger partial charge in [-0.1, -0.05) is 40.5 Å². The molecule has 1 heterocycles. The normalized spacial score (nSPS) is 25.0. The summed E-state index contributed by atoms with van der Waals surface area (Å²) in [7, 11) is -7.64. The van der Waals surface area contributed by atoms with E-state index in [0.29, 0.717) is 6.54 Å². The Morgan fingerprint density at radius 1 is 1.14 bits per heavy atom. The van der Waals surface area contributed by atoms with Crippen molar-refractivity contribution in [1.29, 1.82) is 0 Å². The minimum absolute atomic E-state index is 0.179. The Hall–Kier alpha value is 0.405. The lowest BCUT2D eigenvalue weighted by Crippen LogP contribution is -2.29. The van der Waals surface area contributed by atoms with E-state index in [1.807, 2.05) is 27.7 Å². The predicted octanol–water partition coefficient (Wildman–Crippen LogP) is 3.84. The second-order valence-corrected chi connectivity index (χ2v) is 16.2. The van der Waals surface area contributed by atoms with Gasteiger partial charge in [-0.15, -0.1) is 0 Å². The second kappa shape index (κ2) is 13.5. The average Bonchev–Trinajstić information content (AvgIpc) is 2.98. The summed E-state index contributed by atoms with van der Waals surface area (Å²) in [5.74, 6) is 0.206. The van der Waals surface area contributed by atoms with Crippen molar-refractivity contribution >= 4 is 52.9 Å². The van der Waals surface area contributed by atoms with Crippen LogP contribution >= 0.6 is 45.1 Å². The van der Waals surface area contributed by atoms with Crippen molar-refractivity contribution in [3.63, 3.8) is 0 Å². The van der Waals surface area contributed by atoms with Crippen LogP contribution in [-0.4, -0.2) is 69.5 Å². The first-order valence-electron chi connectivity index (χ1n) is 9.87. The largest absolute Gasteiger partial charge is 0.490 e. The van der Waals surface area contributed by atoms with E-state index in [4.69, 9.17) is 32.6 Å². The highest BCUT2D eigenvalue weighted by Crippen LogP contribution is 2.66. The molecule has 1 fully saturated rings. The van der Waals surface area contributed by atoms with Crippen LogP contribution in [-0.2, 0) is 36.3 Å². The van der Waals surface area contributed by atoms with Gasteiger partial charge in [-0.25, -0.2) is 13.7 Å². The van der Waals surface area contributed by atoms with Crippen molar-refractivity contribution in [3.8, 4) is 0 Å². The highest BCUT2D eigenvalue weighted by atomic mass is 33.1. The Bertz CT molecular complexity index is 903. The monoisotopic (exact) mass is 599 g/mol. The van der Waals surface area contributed by atoms with Gasteiger partial charge in [0.05, 0.1) is 12.7 Å². The Morgan fingerprint density at radius 2 is 1.77 bits per heavy atom. The standard InChI is InChI=1S/C14H29BN3O12P3S2/c1-13(2,8-17-18-16)7-14(3,4)35-34-9-26-10-5-12(15)28-11(10)6-27-32(22,23)30-33(24,25)29-31(19,20)21/h10-12H,5-9H2,1-4H3,(H,22,23)(H,24,25)(H2,19,20,21)/t10?,11-,12-/m1/s1. The summed E-state index contributed by atoms with van der Waals surface area (Å²) in [6.07, 6.45) is -0.583. The fourth-order valence-corrected chi connectivity index (χ4v) is 8.82. The molecule has 0 aliphatic carbocycles. The van der Waals surface area contributed by atoms with Crippen molar-refractivity contribution in [1.82, 2.24) is 0 Å². The van der Waals surface area contributed by atoms with Crippen LogP contribution < -0.4 is 0 Å². The minimum Gasteiger partial charge on any atom is -0.380 e. The topological polar surface area (TPSA) is 227 Å². The summed E-state index contributed by atoms with van der Waals surface area (Å²) in [6.45, 7) is 7.82. The molecule has 0 aromatic carbocycles. The number of phosphoric acid groups is 3. The molecule has 1 aliphatic rings. The van der Waals surface area contributed by atoms with Gasteiger partial charge in [0, 0.05) is 22.2 Å². The fraction of sp³-hybridized carbons (Fsp3) is 1.00. The van der Waals surface area contributed by atoms with Gasteiger partial charge < -0.3 is 29.0 Å². The molecule has 1 aliphatic heterocycles. The Balaban J connectivity index is 2.55. The van der Waals surface area contributed by atoms with E-state index < -0.39 is 48.3 Å². The smallest absolute Gasteiger partial charge is 0.380 e. The number of nitrogens with zero attached hydrogens (tertiary/aromatic N) is 3. The molecule has 35 heavy (non-hydrogen) atoms. The van der Waals surface area contributed by atoms with E-state index >= 15 is 0 Å². The molecule has 21 heteroatoms. The third-order valence-corrected chi connectivity index (χ3v) is 10.9. The van der Waals surface area contributed by atoms with E-state index in [1.165, 1.54) is 10.8 Å². The minimum atomic E-state index is -5.61. The molecule has 0 saturated carbocycles. The zero-order valence-corrected chi connectivity index (χ0v) is 23.7. The predicted molar refractivity (Wildman–Crippen MR) is 130 cm³/mol. The quantitative estimate of drug-likeness (QED) is 0.0289. The SMILES string of the molecule is [B][C@H]1CC(OCSSC(C)(C)CC(C)(C)CN=[N+]=[N-])[C@@H](COP(=O)(O)OP(=O)(O)OP(=O)(O)O)O1. The maximum Gasteiger partial charge on any atom is 0.490 e. The lowest BCUT2D eigenvalue weighted by atomic mass is 9.84. The number of hydrogen-bond acceptors (Lipinski definition) is 11. The number of azide groups is 1. The summed E-state index contributed by atoms with van der Waals surface area (Å²) >= 11 is 0. The summed E-state index contributed by atoms with van der Waals surface area (Å²) in [6, 6.07) is -0.759. The Kier molecular flexibility index (Phi) is 12.9. The lowest BCUT2D eigenvalue weighted by molar-refractivity contribution is -0.0237. The zero-order valence-electron chi connectivity index (χ0n) is 19.4. The first-order chi connectivity index (χ1) is 15.7. The van der Waals surface area contributed by atoms with Crippen LogP contribution in [0.15, 0.2) is 5.11 Å². The number of hydrogen-bond donors (Lipinski definition) is 4. The number of phosphoric ester groups is 1. The highest BCUT2D eigenvalue weighted by molar-refractivity contribution is 8.77. The van der Waals surface area contributed by atoms with Crippen LogP contribution in [0, 0.1) is 5.41 Å². The molecular formula is C14H29BN3O12P3S2. The molecule has 5 atom stereocenters. The van der Waals surface area contributed by atoms with Gasteiger partial charge in [0.25, 0.3) is 0 Å². The van der Waals surface area contributed by atoms with Crippen LogP contribution in [0.2, 0.25) is 0 Å². The molecule has 0 bridgehead atoms. The fourth-order valence-electron chi connectivity index (χ4n) is 3.30. The van der Waals surface area contributed by atoms with E-state index in [1.54, 1.807) is 10.8 Å². The van der Waals surface area contributed by atoms with Gasteiger partial charge >= 0.3 is 23.5 Å². The molecule has 0 spiro atoms. The molecular weight excluding hydrogens is 570 g/mol. The zero-order chi connectivity index (χ0) is 27.1. The molecule has 3 unspecified atom stereocenters. The highest BCUT2D eigenvalue weighted by Gasteiger charge is 2.42. The van der Waals surface area contributed by atoms with Crippen LogP contribution in [0.5, 0.6) is 0 Å². The van der Waals surface area contributed by atoms with E-state index in [-0.39, 0.29) is 22.5 Å². The summed E-state index contributed by atoms with van der Waals surface area (Å²) < 4.78 is 56.9. The van der Waals surface area contributed by atoms with Crippen LogP contribution in [0.1, 0.15) is 40.5 Å². The van der Waals surface area contributed by atoms with Gasteiger partial charge in [0.15, 0.2) is 0 Å². The third kappa shape index (κ3) is 14.8. The molecule has 0 aromatic heterocycles. The summed E-state index contributed by atoms with van der Waals surface area (Å²) in [5.41, 5.74) is 8.33. The number of rotatable bonds is 16. The molecule has 2 radical (unpaired) electrons. The Morgan fingerprint density at radius 3 is 2.34 bits per heavy atom. The van der Waals surface area contributed by atoms with Gasteiger partial charge in [0.2, 0.25) is 0 Å². The average molecular weight is 599 g/mol. The maximum absolute atomic E-state index is 11.9. The molecule has 4 N–H and O–H groups in total. The summed E-state index contributed by atoms with van der Waals surface area (Å²) in [5, 5.41) is 3.65. The van der Waals surface area contributed by atoms with Crippen LogP contribution in [0.25, 0.3) is 10.4 Å². The van der Waals surface area contributed by atoms with Crippen molar-refractivity contribution in [2.45, 2.75) is 63.5 Å². The van der Waals surface area contributed by atoms with E-state index in [2.05, 4.69) is 23.2 Å².